The molecule has 0 aromatic heterocycles. The fraction of sp³-hybridized carbons (Fsp3) is 0.667. The van der Waals surface area contributed by atoms with Gasteiger partial charge in [0.2, 0.25) is 0 Å². The summed E-state index contributed by atoms with van der Waals surface area (Å²) in [6, 6.07) is 4.46. The molecule has 0 saturated heterocycles. The van der Waals surface area contributed by atoms with E-state index in [9.17, 15) is 5.11 Å². The Morgan fingerprint density at radius 2 is 1.18 bits per heavy atom. The van der Waals surface area contributed by atoms with E-state index < -0.39 is 17.0 Å². The summed E-state index contributed by atoms with van der Waals surface area (Å²) in [7, 11) is 9.78. The van der Waals surface area contributed by atoms with Crippen LogP contribution in [-0.2, 0) is 36.3 Å². The first kappa shape index (κ1) is 22.3. The number of unbranched alkanes of at least 4 members (excludes halogenated alkanes) is 3. The van der Waals surface area contributed by atoms with Crippen LogP contribution in [0, 0.1) is 0 Å². The van der Waals surface area contributed by atoms with Crippen molar-refractivity contribution in [3.05, 3.63) is 28.8 Å². The van der Waals surface area contributed by atoms with E-state index in [0.29, 0.717) is 5.75 Å². The molecule has 1 N–H and O–H groups in total. The van der Waals surface area contributed by atoms with Crippen molar-refractivity contribution in [2.45, 2.75) is 78.6 Å². The van der Waals surface area contributed by atoms with Crippen molar-refractivity contribution < 1.29 is 22.1 Å². The molecular formula is C18H30Cl2OTi. The molecule has 126 valence electrons. The molecule has 0 saturated carbocycles. The van der Waals surface area contributed by atoms with Crippen LogP contribution in [0.1, 0.15) is 76.0 Å². The number of rotatable bonds is 9. The summed E-state index contributed by atoms with van der Waals surface area (Å²) >= 11 is -0.556. The van der Waals surface area contributed by atoms with Gasteiger partial charge in [-0.25, -0.2) is 0 Å². The average Bonchev–Trinajstić information content (AvgIpc) is 2.52. The summed E-state index contributed by atoms with van der Waals surface area (Å²) in [6.07, 6.45) is 10.3. The predicted molar refractivity (Wildman–Crippen MR) is 95.6 cm³/mol. The quantitative estimate of drug-likeness (QED) is 0.467. The standard InChI is InChI=1S/C18H30O.2ClH.Ti/c1-4-7-10-15-13-16(11-8-5-2)18(19)17(14-15)12-9-6-3;;;/h13-14,19H,4-12H2,1-3H3;2*1H;/q;;;+2/p-2. The summed E-state index contributed by atoms with van der Waals surface area (Å²) < 4.78 is 0. The molecule has 0 radical (unpaired) electrons. The Morgan fingerprint density at radius 3 is 1.55 bits per heavy atom. The Labute approximate surface area is 153 Å². The van der Waals surface area contributed by atoms with Gasteiger partial charge in [-0.05, 0) is 55.2 Å². The van der Waals surface area contributed by atoms with Gasteiger partial charge in [-0.2, -0.15) is 0 Å². The van der Waals surface area contributed by atoms with Crippen molar-refractivity contribution in [3.63, 3.8) is 0 Å². The second-order valence-electron chi connectivity index (χ2n) is 5.64. The average molecular weight is 381 g/mol. The molecule has 0 spiro atoms. The van der Waals surface area contributed by atoms with Gasteiger partial charge in [-0.3, -0.25) is 0 Å². The van der Waals surface area contributed by atoms with Crippen molar-refractivity contribution in [1.29, 1.82) is 0 Å². The topological polar surface area (TPSA) is 20.2 Å². The van der Waals surface area contributed by atoms with Gasteiger partial charge in [-0.15, -0.1) is 0 Å². The van der Waals surface area contributed by atoms with Crippen molar-refractivity contribution >= 4 is 18.6 Å². The molecular weight excluding hydrogens is 351 g/mol. The van der Waals surface area contributed by atoms with Gasteiger partial charge in [0.15, 0.2) is 0 Å². The van der Waals surface area contributed by atoms with Crippen LogP contribution in [-0.4, -0.2) is 5.11 Å². The van der Waals surface area contributed by atoms with Crippen LogP contribution in [0.4, 0.5) is 0 Å². The van der Waals surface area contributed by atoms with Gasteiger partial charge in [0.05, 0.1) is 0 Å². The molecule has 0 fully saturated rings. The molecule has 22 heavy (non-hydrogen) atoms. The maximum absolute atomic E-state index is 10.4. The van der Waals surface area contributed by atoms with E-state index >= 15 is 0 Å². The summed E-state index contributed by atoms with van der Waals surface area (Å²) in [5.41, 5.74) is 3.75. The van der Waals surface area contributed by atoms with Gasteiger partial charge in [0.1, 0.15) is 5.75 Å². The minimum atomic E-state index is -0.556. The molecule has 0 unspecified atom stereocenters. The second kappa shape index (κ2) is 14.9. The first-order valence-electron chi connectivity index (χ1n) is 8.44. The SMILES string of the molecule is CCCCc1cc(CCCC)c(O)c(CCCC)c1.[Cl][Ti][Cl]. The second-order valence-corrected chi connectivity index (χ2v) is 8.22. The Balaban J connectivity index is 0.00000135. The van der Waals surface area contributed by atoms with Gasteiger partial charge in [0.25, 0.3) is 0 Å². The van der Waals surface area contributed by atoms with Crippen molar-refractivity contribution in [2.75, 3.05) is 0 Å². The molecule has 4 heteroatoms. The Hall–Kier alpha value is 0.314. The Bertz CT molecular complexity index is 368. The molecule has 1 aromatic carbocycles. The number of halogens is 2. The molecule has 1 rings (SSSR count). The van der Waals surface area contributed by atoms with E-state index in [1.165, 1.54) is 42.4 Å². The Morgan fingerprint density at radius 1 is 0.818 bits per heavy atom. The van der Waals surface area contributed by atoms with Gasteiger partial charge in [0, 0.05) is 0 Å². The summed E-state index contributed by atoms with van der Waals surface area (Å²) in [4.78, 5) is 0. The number of hydrogen-bond donors (Lipinski definition) is 1. The third-order valence-electron chi connectivity index (χ3n) is 3.75. The maximum atomic E-state index is 10.4. The predicted octanol–water partition coefficient (Wildman–Crippen LogP) is 6.80. The zero-order valence-electron chi connectivity index (χ0n) is 14.2. The van der Waals surface area contributed by atoms with Gasteiger partial charge >= 0.3 is 35.6 Å². The van der Waals surface area contributed by atoms with E-state index in [4.69, 9.17) is 18.6 Å². The molecule has 1 nitrogen and oxygen atoms in total. The minimum absolute atomic E-state index is 0.556. The van der Waals surface area contributed by atoms with Crippen LogP contribution in [0.2, 0.25) is 0 Å². The Kier molecular flexibility index (Phi) is 15.1. The molecule has 0 heterocycles. The van der Waals surface area contributed by atoms with E-state index in [1.807, 2.05) is 0 Å². The summed E-state index contributed by atoms with van der Waals surface area (Å²) in [5, 5.41) is 10.4. The number of phenolic OH excluding ortho intramolecular Hbond substituents is 1. The van der Waals surface area contributed by atoms with Crippen LogP contribution < -0.4 is 0 Å². The molecule has 0 bridgehead atoms. The van der Waals surface area contributed by atoms with E-state index in [0.717, 1.165) is 32.1 Å². The number of phenols is 1. The first-order valence-corrected chi connectivity index (χ1v) is 12.7. The third kappa shape index (κ3) is 9.45. The van der Waals surface area contributed by atoms with Crippen LogP contribution in [0.15, 0.2) is 12.1 Å². The number of benzene rings is 1. The third-order valence-corrected chi connectivity index (χ3v) is 3.75. The summed E-state index contributed by atoms with van der Waals surface area (Å²) in [5.74, 6) is 0.571. The van der Waals surface area contributed by atoms with Crippen molar-refractivity contribution in [3.8, 4) is 5.75 Å². The fourth-order valence-electron chi connectivity index (χ4n) is 2.47. The van der Waals surface area contributed by atoms with Crippen LogP contribution >= 0.6 is 18.6 Å². The number of aromatic hydroxyl groups is 1. The molecule has 0 amide bonds. The number of hydrogen-bond acceptors (Lipinski definition) is 1. The molecule has 1 aromatic rings. The first-order chi connectivity index (χ1) is 10.6. The summed E-state index contributed by atoms with van der Waals surface area (Å²) in [6.45, 7) is 6.64. The van der Waals surface area contributed by atoms with Crippen molar-refractivity contribution in [1.82, 2.24) is 0 Å². The molecule has 0 aliphatic rings. The van der Waals surface area contributed by atoms with Gasteiger partial charge in [-0.1, -0.05) is 52.2 Å². The van der Waals surface area contributed by atoms with Gasteiger partial charge < -0.3 is 5.11 Å². The van der Waals surface area contributed by atoms with Crippen molar-refractivity contribution in [2.24, 2.45) is 0 Å². The fourth-order valence-corrected chi connectivity index (χ4v) is 2.47. The van der Waals surface area contributed by atoms with Crippen LogP contribution in [0.3, 0.4) is 0 Å². The molecule has 0 aliphatic heterocycles. The molecule has 0 aliphatic carbocycles. The van der Waals surface area contributed by atoms with E-state index in [2.05, 4.69) is 32.9 Å². The molecule has 0 atom stereocenters. The van der Waals surface area contributed by atoms with Crippen LogP contribution in [0.5, 0.6) is 5.75 Å². The van der Waals surface area contributed by atoms with E-state index in [-0.39, 0.29) is 0 Å². The monoisotopic (exact) mass is 380 g/mol. The van der Waals surface area contributed by atoms with Crippen LogP contribution in [0.25, 0.3) is 0 Å². The van der Waals surface area contributed by atoms with E-state index in [1.54, 1.807) is 0 Å². The zero-order valence-corrected chi connectivity index (χ0v) is 17.3. The normalized spacial score (nSPS) is 10.0. The zero-order chi connectivity index (χ0) is 16.8. The number of aryl methyl sites for hydroxylation is 3.